The van der Waals surface area contributed by atoms with Crippen molar-refractivity contribution in [3.05, 3.63) is 34.3 Å². The molecule has 0 bridgehead atoms. The molecule has 1 aromatic carbocycles. The molecule has 1 aliphatic heterocycles. The van der Waals surface area contributed by atoms with Gasteiger partial charge in [-0.05, 0) is 24.3 Å². The van der Waals surface area contributed by atoms with E-state index < -0.39 is 0 Å². The summed E-state index contributed by atoms with van der Waals surface area (Å²) in [5.74, 6) is 1.63. The second kappa shape index (κ2) is 6.73. The van der Waals surface area contributed by atoms with Gasteiger partial charge in [-0.1, -0.05) is 43.3 Å². The SMILES string of the molecule is C=C1Nc2cc(Cl)c(C(=O)CSCCCC)cc2S1. The Hall–Kier alpha value is -0.580. The summed E-state index contributed by atoms with van der Waals surface area (Å²) in [6.45, 7) is 6.01. The third-order valence-electron chi connectivity index (χ3n) is 2.75. The highest BCUT2D eigenvalue weighted by molar-refractivity contribution is 8.03. The molecule has 0 saturated heterocycles. The number of unbranched alkanes of at least 4 members (excludes halogenated alkanes) is 1. The van der Waals surface area contributed by atoms with E-state index in [1.807, 2.05) is 12.1 Å². The second-order valence-corrected chi connectivity index (χ2v) is 6.96. The topological polar surface area (TPSA) is 29.1 Å². The van der Waals surface area contributed by atoms with E-state index in [-0.39, 0.29) is 5.78 Å². The molecule has 1 aliphatic rings. The number of anilines is 1. The van der Waals surface area contributed by atoms with E-state index in [0.29, 0.717) is 16.3 Å². The Morgan fingerprint density at radius 2 is 2.32 bits per heavy atom. The summed E-state index contributed by atoms with van der Waals surface area (Å²) in [6.07, 6.45) is 2.31. The molecule has 0 aliphatic carbocycles. The molecule has 0 aromatic heterocycles. The van der Waals surface area contributed by atoms with Crippen LogP contribution < -0.4 is 5.32 Å². The van der Waals surface area contributed by atoms with Crippen molar-refractivity contribution in [2.75, 3.05) is 16.8 Å². The van der Waals surface area contributed by atoms with E-state index >= 15 is 0 Å². The van der Waals surface area contributed by atoms with Gasteiger partial charge in [-0.2, -0.15) is 11.8 Å². The smallest absolute Gasteiger partial charge is 0.174 e. The summed E-state index contributed by atoms with van der Waals surface area (Å²) in [4.78, 5) is 13.2. The maximum atomic E-state index is 12.2. The molecule has 0 fully saturated rings. The molecule has 0 unspecified atom stereocenters. The quantitative estimate of drug-likeness (QED) is 0.588. The zero-order chi connectivity index (χ0) is 13.8. The first kappa shape index (κ1) is 14.8. The highest BCUT2D eigenvalue weighted by atomic mass is 35.5. The number of carbonyl (C=O) groups excluding carboxylic acids is 1. The molecule has 0 atom stereocenters. The number of thioether (sulfide) groups is 2. The van der Waals surface area contributed by atoms with Crippen molar-refractivity contribution in [1.82, 2.24) is 0 Å². The van der Waals surface area contributed by atoms with Gasteiger partial charge in [0, 0.05) is 10.5 Å². The minimum Gasteiger partial charge on any atom is -0.349 e. The average Bonchev–Trinajstić information content (AvgIpc) is 2.72. The Morgan fingerprint density at radius 1 is 1.53 bits per heavy atom. The van der Waals surface area contributed by atoms with Crippen LogP contribution in [0.1, 0.15) is 30.1 Å². The normalized spacial score (nSPS) is 13.3. The number of hydrogen-bond donors (Lipinski definition) is 1. The Bertz CT molecular complexity index is 516. The molecule has 0 spiro atoms. The predicted molar refractivity (Wildman–Crippen MR) is 86.6 cm³/mol. The van der Waals surface area contributed by atoms with E-state index in [9.17, 15) is 4.79 Å². The summed E-state index contributed by atoms with van der Waals surface area (Å²) < 4.78 is 0. The monoisotopic (exact) mass is 313 g/mol. The lowest BCUT2D eigenvalue weighted by molar-refractivity contribution is 0.102. The largest absolute Gasteiger partial charge is 0.349 e. The van der Waals surface area contributed by atoms with Crippen LogP contribution in [0, 0.1) is 0 Å². The number of ketones is 1. The van der Waals surface area contributed by atoms with E-state index in [1.165, 1.54) is 0 Å². The van der Waals surface area contributed by atoms with Crippen LogP contribution in [0.4, 0.5) is 5.69 Å². The Kier molecular flexibility index (Phi) is 5.25. The first-order valence-electron chi connectivity index (χ1n) is 6.20. The molecule has 0 saturated carbocycles. The third-order valence-corrected chi connectivity index (χ3v) is 5.01. The van der Waals surface area contributed by atoms with Crippen LogP contribution in [0.25, 0.3) is 0 Å². The number of hydrogen-bond acceptors (Lipinski definition) is 4. The van der Waals surface area contributed by atoms with Crippen LogP contribution >= 0.6 is 35.1 Å². The molecule has 19 heavy (non-hydrogen) atoms. The maximum absolute atomic E-state index is 12.2. The van der Waals surface area contributed by atoms with Crippen molar-refractivity contribution in [2.45, 2.75) is 24.7 Å². The minimum atomic E-state index is 0.104. The fraction of sp³-hybridized carbons (Fsp3) is 0.357. The van der Waals surface area contributed by atoms with Crippen LogP contribution in [0.5, 0.6) is 0 Å². The Morgan fingerprint density at radius 3 is 3.05 bits per heavy atom. The van der Waals surface area contributed by atoms with Crippen molar-refractivity contribution < 1.29 is 4.79 Å². The van der Waals surface area contributed by atoms with Gasteiger partial charge in [0.15, 0.2) is 5.78 Å². The molecule has 102 valence electrons. The van der Waals surface area contributed by atoms with E-state index in [2.05, 4.69) is 18.8 Å². The van der Waals surface area contributed by atoms with Crippen molar-refractivity contribution >= 4 is 46.6 Å². The van der Waals surface area contributed by atoms with Crippen LogP contribution in [-0.2, 0) is 0 Å². The fourth-order valence-corrected chi connectivity index (χ4v) is 3.82. The Balaban J connectivity index is 2.06. The van der Waals surface area contributed by atoms with Gasteiger partial charge in [0.05, 0.1) is 21.5 Å². The summed E-state index contributed by atoms with van der Waals surface area (Å²) in [5.41, 5.74) is 1.56. The van der Waals surface area contributed by atoms with Crippen molar-refractivity contribution in [1.29, 1.82) is 0 Å². The maximum Gasteiger partial charge on any atom is 0.174 e. The van der Waals surface area contributed by atoms with Crippen LogP contribution in [0.3, 0.4) is 0 Å². The molecular formula is C14H16ClNOS2. The van der Waals surface area contributed by atoms with E-state index in [4.69, 9.17) is 11.6 Å². The van der Waals surface area contributed by atoms with Crippen LogP contribution in [0.2, 0.25) is 5.02 Å². The van der Waals surface area contributed by atoms with Crippen molar-refractivity contribution in [3.63, 3.8) is 0 Å². The molecule has 0 amide bonds. The van der Waals surface area contributed by atoms with E-state index in [0.717, 1.165) is 34.2 Å². The summed E-state index contributed by atoms with van der Waals surface area (Å²) in [5, 5.41) is 4.52. The number of rotatable bonds is 6. The Labute approximate surface area is 127 Å². The van der Waals surface area contributed by atoms with E-state index in [1.54, 1.807) is 23.5 Å². The van der Waals surface area contributed by atoms with Gasteiger partial charge in [0.1, 0.15) is 0 Å². The summed E-state index contributed by atoms with van der Waals surface area (Å²) >= 11 is 9.40. The number of fused-ring (bicyclic) bond motifs is 1. The molecule has 1 heterocycles. The zero-order valence-electron chi connectivity index (χ0n) is 10.8. The molecule has 2 rings (SSSR count). The fourth-order valence-electron chi connectivity index (χ4n) is 1.75. The first-order valence-corrected chi connectivity index (χ1v) is 8.55. The highest BCUT2D eigenvalue weighted by Gasteiger charge is 2.19. The van der Waals surface area contributed by atoms with Crippen molar-refractivity contribution in [2.24, 2.45) is 0 Å². The van der Waals surface area contributed by atoms with Gasteiger partial charge in [-0.15, -0.1) is 0 Å². The molecule has 1 aromatic rings. The van der Waals surface area contributed by atoms with Gasteiger partial charge in [-0.25, -0.2) is 0 Å². The lowest BCUT2D eigenvalue weighted by Crippen LogP contribution is -2.04. The second-order valence-electron chi connectivity index (χ2n) is 4.31. The average molecular weight is 314 g/mol. The minimum absolute atomic E-state index is 0.104. The molecule has 2 nitrogen and oxygen atoms in total. The first-order chi connectivity index (χ1) is 9.11. The van der Waals surface area contributed by atoms with Gasteiger partial charge in [0.25, 0.3) is 0 Å². The number of benzene rings is 1. The molecule has 0 radical (unpaired) electrons. The highest BCUT2D eigenvalue weighted by Crippen LogP contribution is 2.42. The van der Waals surface area contributed by atoms with Gasteiger partial charge in [0.2, 0.25) is 0 Å². The lowest BCUT2D eigenvalue weighted by atomic mass is 10.1. The van der Waals surface area contributed by atoms with Crippen LogP contribution in [-0.4, -0.2) is 17.3 Å². The molecule has 5 heteroatoms. The lowest BCUT2D eigenvalue weighted by Gasteiger charge is -2.06. The zero-order valence-corrected chi connectivity index (χ0v) is 13.2. The summed E-state index contributed by atoms with van der Waals surface area (Å²) in [7, 11) is 0. The third kappa shape index (κ3) is 3.71. The molecular weight excluding hydrogens is 298 g/mol. The van der Waals surface area contributed by atoms with Gasteiger partial charge >= 0.3 is 0 Å². The van der Waals surface area contributed by atoms with Gasteiger partial charge < -0.3 is 5.32 Å². The number of nitrogens with one attached hydrogen (secondary N) is 1. The number of halogens is 1. The predicted octanol–water partition coefficient (Wildman–Crippen LogP) is 5.04. The number of carbonyl (C=O) groups is 1. The van der Waals surface area contributed by atoms with Gasteiger partial charge in [-0.3, -0.25) is 4.79 Å². The summed E-state index contributed by atoms with van der Waals surface area (Å²) in [6, 6.07) is 3.68. The number of Topliss-reactive ketones (excluding diaryl/α,β-unsaturated/α-hetero) is 1. The van der Waals surface area contributed by atoms with Crippen LogP contribution in [0.15, 0.2) is 28.6 Å². The van der Waals surface area contributed by atoms with Crippen molar-refractivity contribution in [3.8, 4) is 0 Å². The molecule has 1 N–H and O–H groups in total. The standard InChI is InChI=1S/C14H16ClNOS2/c1-3-4-5-18-8-13(17)10-6-14-12(7-11(10)15)16-9(2)19-14/h6-7,16H,2-5,8H2,1H3.